The third kappa shape index (κ3) is 5.69. The van der Waals surface area contributed by atoms with Crippen LogP contribution in [-0.4, -0.2) is 38.3 Å². The molecule has 2 N–H and O–H groups in total. The van der Waals surface area contributed by atoms with Gasteiger partial charge < -0.3 is 10.6 Å². The van der Waals surface area contributed by atoms with Crippen molar-refractivity contribution in [3.63, 3.8) is 0 Å². The monoisotopic (exact) mass is 409 g/mol. The Morgan fingerprint density at radius 3 is 2.26 bits per heavy atom. The minimum Gasteiger partial charge on any atom is -0.375 e. The molecule has 0 heterocycles. The second kappa shape index (κ2) is 9.73. The molecule has 0 radical (unpaired) electrons. The number of carbonyl (C=O) groups is 1. The van der Waals surface area contributed by atoms with E-state index in [1.807, 2.05) is 26.0 Å². The number of carbonyl (C=O) groups excluding carboxylic acids is 1. The number of hydrogen-bond acceptors (Lipinski definition) is 4. The zero-order chi connectivity index (χ0) is 19.9. The van der Waals surface area contributed by atoms with E-state index in [4.69, 9.17) is 11.6 Å². The number of benzene rings is 2. The van der Waals surface area contributed by atoms with Crippen molar-refractivity contribution in [2.24, 2.45) is 0 Å². The summed E-state index contributed by atoms with van der Waals surface area (Å²) in [7, 11) is -3.47. The first-order chi connectivity index (χ1) is 12.9. The molecule has 0 saturated heterocycles. The molecule has 0 spiro atoms. The predicted molar refractivity (Wildman–Crippen MR) is 108 cm³/mol. The van der Waals surface area contributed by atoms with Gasteiger partial charge in [-0.05, 0) is 29.8 Å². The first-order valence-electron chi connectivity index (χ1n) is 8.72. The van der Waals surface area contributed by atoms with Crippen LogP contribution in [0.5, 0.6) is 0 Å². The summed E-state index contributed by atoms with van der Waals surface area (Å²) in [5, 5.41) is 6.31. The van der Waals surface area contributed by atoms with Crippen LogP contribution in [0.4, 0.5) is 5.69 Å². The van der Waals surface area contributed by atoms with Crippen LogP contribution in [0, 0.1) is 0 Å². The van der Waals surface area contributed by atoms with Crippen LogP contribution in [0.25, 0.3) is 0 Å². The largest absolute Gasteiger partial charge is 0.375 e. The van der Waals surface area contributed by atoms with Crippen LogP contribution in [0.3, 0.4) is 0 Å². The van der Waals surface area contributed by atoms with Gasteiger partial charge in [0.15, 0.2) is 0 Å². The van der Waals surface area contributed by atoms with Crippen molar-refractivity contribution in [1.82, 2.24) is 9.62 Å². The Morgan fingerprint density at radius 1 is 1.04 bits per heavy atom. The van der Waals surface area contributed by atoms with Gasteiger partial charge in [0, 0.05) is 19.6 Å². The lowest BCUT2D eigenvalue weighted by Gasteiger charge is -2.18. The Hall–Kier alpha value is -2.09. The summed E-state index contributed by atoms with van der Waals surface area (Å²) in [6, 6.07) is 13.7. The average molecular weight is 410 g/mol. The normalized spacial score (nSPS) is 11.4. The van der Waals surface area contributed by atoms with Gasteiger partial charge in [0.25, 0.3) is 0 Å². The van der Waals surface area contributed by atoms with E-state index < -0.39 is 10.0 Å². The summed E-state index contributed by atoms with van der Waals surface area (Å²) >= 11 is 6.03. The number of halogens is 1. The summed E-state index contributed by atoms with van der Waals surface area (Å²) in [6.45, 7) is 4.88. The summed E-state index contributed by atoms with van der Waals surface area (Å²) in [4.78, 5) is 12.2. The summed E-state index contributed by atoms with van der Waals surface area (Å²) in [6.07, 6.45) is 0. The second-order valence-electron chi connectivity index (χ2n) is 5.84. The van der Waals surface area contributed by atoms with Gasteiger partial charge in [-0.25, -0.2) is 8.42 Å². The highest BCUT2D eigenvalue weighted by atomic mass is 35.5. The molecule has 0 unspecified atom stereocenters. The van der Waals surface area contributed by atoms with Gasteiger partial charge in [0.05, 0.1) is 22.2 Å². The molecule has 0 aliphatic heterocycles. The van der Waals surface area contributed by atoms with E-state index in [2.05, 4.69) is 10.6 Å². The minimum atomic E-state index is -3.47. The Kier molecular flexibility index (Phi) is 7.65. The maximum atomic E-state index is 12.5. The molecule has 0 aromatic heterocycles. The SMILES string of the molecule is CCN(CC)S(=O)(=O)c1ccc(CNC(=O)CNc2ccccc2Cl)cc1. The Balaban J connectivity index is 1.89. The smallest absolute Gasteiger partial charge is 0.243 e. The zero-order valence-corrected chi connectivity index (χ0v) is 17.0. The number of sulfonamides is 1. The van der Waals surface area contributed by atoms with Gasteiger partial charge >= 0.3 is 0 Å². The number of rotatable bonds is 9. The van der Waals surface area contributed by atoms with Gasteiger partial charge in [-0.2, -0.15) is 4.31 Å². The standard InChI is InChI=1S/C19H24ClN3O3S/c1-3-23(4-2)27(25,26)16-11-9-15(10-12-16)13-22-19(24)14-21-18-8-6-5-7-17(18)20/h5-12,21H,3-4,13-14H2,1-2H3,(H,22,24). The zero-order valence-electron chi connectivity index (χ0n) is 15.4. The molecule has 2 rings (SSSR count). The number of hydrogen-bond donors (Lipinski definition) is 2. The highest BCUT2D eigenvalue weighted by Gasteiger charge is 2.21. The molecule has 0 saturated carbocycles. The number of anilines is 1. The van der Waals surface area contributed by atoms with Crippen molar-refractivity contribution < 1.29 is 13.2 Å². The van der Waals surface area contributed by atoms with Crippen LogP contribution >= 0.6 is 11.6 Å². The summed E-state index contributed by atoms with van der Waals surface area (Å²) in [5.74, 6) is -0.185. The second-order valence-corrected chi connectivity index (χ2v) is 8.19. The van der Waals surface area contributed by atoms with Crippen LogP contribution in [-0.2, 0) is 21.4 Å². The van der Waals surface area contributed by atoms with E-state index in [0.29, 0.717) is 30.3 Å². The Bertz CT molecular complexity index is 866. The summed E-state index contributed by atoms with van der Waals surface area (Å²) in [5.41, 5.74) is 1.51. The molecule has 6 nitrogen and oxygen atoms in total. The van der Waals surface area contributed by atoms with E-state index in [9.17, 15) is 13.2 Å². The number of nitrogens with zero attached hydrogens (tertiary/aromatic N) is 1. The lowest BCUT2D eigenvalue weighted by molar-refractivity contribution is -0.119. The van der Waals surface area contributed by atoms with E-state index >= 15 is 0 Å². The van der Waals surface area contributed by atoms with Crippen molar-refractivity contribution in [1.29, 1.82) is 0 Å². The molecule has 27 heavy (non-hydrogen) atoms. The Morgan fingerprint density at radius 2 is 1.67 bits per heavy atom. The molecule has 8 heteroatoms. The molecular weight excluding hydrogens is 386 g/mol. The molecule has 0 bridgehead atoms. The fraction of sp³-hybridized carbons (Fsp3) is 0.316. The van der Waals surface area contributed by atoms with E-state index in [-0.39, 0.29) is 17.3 Å². The van der Waals surface area contributed by atoms with Crippen molar-refractivity contribution >= 4 is 33.2 Å². The number of para-hydroxylation sites is 1. The van der Waals surface area contributed by atoms with Gasteiger partial charge in [0.2, 0.25) is 15.9 Å². The first-order valence-corrected chi connectivity index (χ1v) is 10.5. The highest BCUT2D eigenvalue weighted by molar-refractivity contribution is 7.89. The lowest BCUT2D eigenvalue weighted by Crippen LogP contribution is -2.31. The molecule has 0 fully saturated rings. The molecule has 2 aromatic rings. The average Bonchev–Trinajstić information content (AvgIpc) is 2.67. The molecule has 146 valence electrons. The van der Waals surface area contributed by atoms with Crippen LogP contribution in [0.2, 0.25) is 5.02 Å². The van der Waals surface area contributed by atoms with Crippen LogP contribution in [0.15, 0.2) is 53.4 Å². The molecular formula is C19H24ClN3O3S. The van der Waals surface area contributed by atoms with Crippen molar-refractivity contribution in [3.8, 4) is 0 Å². The topological polar surface area (TPSA) is 78.5 Å². The van der Waals surface area contributed by atoms with Gasteiger partial charge in [-0.15, -0.1) is 0 Å². The minimum absolute atomic E-state index is 0.0954. The molecule has 0 aliphatic rings. The maximum absolute atomic E-state index is 12.5. The van der Waals surface area contributed by atoms with Crippen molar-refractivity contribution in [3.05, 3.63) is 59.1 Å². The van der Waals surface area contributed by atoms with Crippen molar-refractivity contribution in [2.75, 3.05) is 25.0 Å². The van der Waals surface area contributed by atoms with Gasteiger partial charge in [-0.1, -0.05) is 49.7 Å². The lowest BCUT2D eigenvalue weighted by atomic mass is 10.2. The van der Waals surface area contributed by atoms with Gasteiger partial charge in [0.1, 0.15) is 0 Å². The third-order valence-electron chi connectivity index (χ3n) is 4.07. The van der Waals surface area contributed by atoms with Crippen molar-refractivity contribution in [2.45, 2.75) is 25.3 Å². The van der Waals surface area contributed by atoms with E-state index in [1.165, 1.54) is 4.31 Å². The van der Waals surface area contributed by atoms with Crippen LogP contribution in [0.1, 0.15) is 19.4 Å². The third-order valence-corrected chi connectivity index (χ3v) is 6.46. The first kappa shape index (κ1) is 21.2. The van der Waals surface area contributed by atoms with E-state index in [0.717, 1.165) is 5.56 Å². The number of amides is 1. The quantitative estimate of drug-likeness (QED) is 0.667. The molecule has 1 amide bonds. The highest BCUT2D eigenvalue weighted by Crippen LogP contribution is 2.20. The van der Waals surface area contributed by atoms with Gasteiger partial charge in [-0.3, -0.25) is 4.79 Å². The van der Waals surface area contributed by atoms with Crippen LogP contribution < -0.4 is 10.6 Å². The fourth-order valence-electron chi connectivity index (χ4n) is 2.54. The molecule has 0 aliphatic carbocycles. The Labute approximate surface area is 165 Å². The summed E-state index contributed by atoms with van der Waals surface area (Å²) < 4.78 is 26.3. The van der Waals surface area contributed by atoms with E-state index in [1.54, 1.807) is 36.4 Å². The molecule has 0 atom stereocenters. The maximum Gasteiger partial charge on any atom is 0.243 e. The fourth-order valence-corrected chi connectivity index (χ4v) is 4.20. The predicted octanol–water partition coefficient (Wildman–Crippen LogP) is 3.10. The molecule has 2 aromatic carbocycles. The number of nitrogens with one attached hydrogen (secondary N) is 2.